The lowest BCUT2D eigenvalue weighted by Gasteiger charge is -2.20. The van der Waals surface area contributed by atoms with Crippen molar-refractivity contribution in [3.8, 4) is 0 Å². The predicted octanol–water partition coefficient (Wildman–Crippen LogP) is 5.14. The van der Waals surface area contributed by atoms with Crippen molar-refractivity contribution in [3.63, 3.8) is 0 Å². The van der Waals surface area contributed by atoms with Crippen LogP contribution in [-0.2, 0) is 4.79 Å². The minimum absolute atomic E-state index is 0.0182. The molecule has 3 aromatic rings. The Bertz CT molecular complexity index is 1070. The van der Waals surface area contributed by atoms with E-state index in [0.29, 0.717) is 26.8 Å². The third-order valence-corrected chi connectivity index (χ3v) is 5.85. The third kappa shape index (κ3) is 4.39. The van der Waals surface area contributed by atoms with Crippen LogP contribution in [0.25, 0.3) is 10.9 Å². The van der Waals surface area contributed by atoms with Gasteiger partial charge in [0.1, 0.15) is 0 Å². The van der Waals surface area contributed by atoms with Crippen molar-refractivity contribution in [2.24, 2.45) is 0 Å². The molecule has 1 heterocycles. The number of aromatic nitrogens is 2. The molecule has 2 atom stereocenters. The number of halogens is 1. The van der Waals surface area contributed by atoms with Gasteiger partial charge in [0.25, 0.3) is 5.56 Å². The van der Waals surface area contributed by atoms with Crippen LogP contribution in [0, 0.1) is 0 Å². The minimum atomic E-state index is -0.442. The number of hydrogen-bond donors (Lipinski definition) is 1. The number of nitrogens with one attached hydrogen (secondary N) is 1. The largest absolute Gasteiger partial charge is 0.325 e. The van der Waals surface area contributed by atoms with Crippen molar-refractivity contribution >= 4 is 45.9 Å². The summed E-state index contributed by atoms with van der Waals surface area (Å²) in [5, 5.41) is 4.11. The fraction of sp³-hybridized carbons (Fsp3) is 0.286. The zero-order valence-electron chi connectivity index (χ0n) is 16.0. The molecule has 0 saturated carbocycles. The molecule has 1 amide bonds. The van der Waals surface area contributed by atoms with Crippen molar-refractivity contribution in [2.75, 3.05) is 5.32 Å². The van der Waals surface area contributed by atoms with E-state index in [1.165, 1.54) is 11.8 Å². The lowest BCUT2D eigenvalue weighted by Crippen LogP contribution is -2.28. The van der Waals surface area contributed by atoms with Gasteiger partial charge in [-0.25, -0.2) is 4.98 Å². The Morgan fingerprint density at radius 1 is 1.21 bits per heavy atom. The molecule has 0 aliphatic rings. The van der Waals surface area contributed by atoms with Gasteiger partial charge in [0.05, 0.1) is 16.2 Å². The molecule has 0 radical (unpaired) electrons. The second-order valence-electron chi connectivity index (χ2n) is 6.60. The van der Waals surface area contributed by atoms with Crippen molar-refractivity contribution in [1.29, 1.82) is 0 Å². The summed E-state index contributed by atoms with van der Waals surface area (Å²) < 4.78 is 1.69. The number of thioether (sulfide) groups is 1. The monoisotopic (exact) mass is 415 g/mol. The van der Waals surface area contributed by atoms with Gasteiger partial charge in [0, 0.05) is 16.8 Å². The molecule has 1 aromatic heterocycles. The Kier molecular flexibility index (Phi) is 6.42. The lowest BCUT2D eigenvalue weighted by molar-refractivity contribution is -0.115. The number of carbonyl (C=O) groups is 1. The molecule has 3 rings (SSSR count). The molecule has 1 N–H and O–H groups in total. The minimum Gasteiger partial charge on any atom is -0.325 e. The number of benzene rings is 2. The Morgan fingerprint density at radius 3 is 2.68 bits per heavy atom. The second kappa shape index (κ2) is 8.80. The molecule has 146 valence electrons. The number of para-hydroxylation sites is 1. The normalized spacial score (nSPS) is 13.3. The zero-order valence-corrected chi connectivity index (χ0v) is 17.6. The average molecular weight is 416 g/mol. The van der Waals surface area contributed by atoms with E-state index in [1.807, 2.05) is 32.0 Å². The maximum atomic E-state index is 13.0. The maximum Gasteiger partial charge on any atom is 0.262 e. The van der Waals surface area contributed by atoms with Gasteiger partial charge in [0.15, 0.2) is 5.16 Å². The lowest BCUT2D eigenvalue weighted by atomic mass is 10.2. The summed E-state index contributed by atoms with van der Waals surface area (Å²) in [6.45, 7) is 5.81. The van der Waals surface area contributed by atoms with Crippen LogP contribution in [0.3, 0.4) is 0 Å². The fourth-order valence-electron chi connectivity index (χ4n) is 2.80. The first kappa shape index (κ1) is 20.4. The Balaban J connectivity index is 1.91. The third-order valence-electron chi connectivity index (χ3n) is 4.55. The molecular formula is C21H22ClN3O2S. The number of amides is 1. The average Bonchev–Trinajstić information content (AvgIpc) is 2.67. The summed E-state index contributed by atoms with van der Waals surface area (Å²) in [5.74, 6) is -0.176. The molecule has 28 heavy (non-hydrogen) atoms. The van der Waals surface area contributed by atoms with Gasteiger partial charge in [-0.15, -0.1) is 0 Å². The summed E-state index contributed by atoms with van der Waals surface area (Å²) in [7, 11) is 0. The van der Waals surface area contributed by atoms with Crippen LogP contribution in [0.1, 0.15) is 33.2 Å². The molecule has 0 saturated heterocycles. The number of carbonyl (C=O) groups excluding carboxylic acids is 1. The van der Waals surface area contributed by atoms with Crippen LogP contribution in [0.4, 0.5) is 5.69 Å². The van der Waals surface area contributed by atoms with Crippen LogP contribution in [0.5, 0.6) is 0 Å². The molecule has 2 aromatic carbocycles. The van der Waals surface area contributed by atoms with E-state index in [1.54, 1.807) is 41.8 Å². The number of anilines is 1. The predicted molar refractivity (Wildman–Crippen MR) is 116 cm³/mol. The highest BCUT2D eigenvalue weighted by Crippen LogP contribution is 2.27. The van der Waals surface area contributed by atoms with E-state index in [9.17, 15) is 9.59 Å². The van der Waals surface area contributed by atoms with Gasteiger partial charge in [-0.1, -0.05) is 48.5 Å². The van der Waals surface area contributed by atoms with E-state index in [0.717, 1.165) is 6.42 Å². The van der Waals surface area contributed by atoms with Crippen LogP contribution in [0.15, 0.2) is 58.5 Å². The molecule has 0 aliphatic heterocycles. The topological polar surface area (TPSA) is 64.0 Å². The zero-order chi connectivity index (χ0) is 20.3. The van der Waals surface area contributed by atoms with E-state index in [2.05, 4.69) is 10.3 Å². The summed E-state index contributed by atoms with van der Waals surface area (Å²) >= 11 is 7.26. The number of nitrogens with zero attached hydrogens (tertiary/aromatic N) is 2. The second-order valence-corrected chi connectivity index (χ2v) is 8.35. The van der Waals surface area contributed by atoms with Crippen molar-refractivity contribution < 1.29 is 4.79 Å². The summed E-state index contributed by atoms with van der Waals surface area (Å²) in [6, 6.07) is 14.3. The Hall–Kier alpha value is -2.31. The highest BCUT2D eigenvalue weighted by molar-refractivity contribution is 8.00. The van der Waals surface area contributed by atoms with Crippen molar-refractivity contribution in [1.82, 2.24) is 9.55 Å². The Labute approximate surface area is 173 Å². The van der Waals surface area contributed by atoms with Crippen LogP contribution in [0.2, 0.25) is 5.02 Å². The van der Waals surface area contributed by atoms with E-state index < -0.39 is 5.25 Å². The van der Waals surface area contributed by atoms with Crippen LogP contribution >= 0.6 is 23.4 Å². The standard InChI is InChI=1S/C21H22ClN3O2S/c1-4-13(2)25-20(27)17-10-5-6-11-18(17)24-21(25)28-14(3)19(26)23-16-9-7-8-15(22)12-16/h5-14H,4H2,1-3H3,(H,23,26)/t13-,14-/m0/s1. The fourth-order valence-corrected chi connectivity index (χ4v) is 4.00. The highest BCUT2D eigenvalue weighted by Gasteiger charge is 2.21. The van der Waals surface area contributed by atoms with Crippen molar-refractivity contribution in [2.45, 2.75) is 43.6 Å². The first-order valence-electron chi connectivity index (χ1n) is 9.15. The van der Waals surface area contributed by atoms with Gasteiger partial charge >= 0.3 is 0 Å². The molecule has 0 fully saturated rings. The summed E-state index contributed by atoms with van der Waals surface area (Å²) in [4.78, 5) is 30.3. The molecule has 0 bridgehead atoms. The van der Waals surface area contributed by atoms with Gasteiger partial charge in [-0.2, -0.15) is 0 Å². The molecule has 0 spiro atoms. The first-order valence-corrected chi connectivity index (χ1v) is 10.4. The van der Waals surface area contributed by atoms with Gasteiger partial charge in [-0.3, -0.25) is 14.2 Å². The number of hydrogen-bond acceptors (Lipinski definition) is 4. The smallest absolute Gasteiger partial charge is 0.262 e. The maximum absolute atomic E-state index is 13.0. The molecule has 5 nitrogen and oxygen atoms in total. The molecular weight excluding hydrogens is 394 g/mol. The van der Waals surface area contributed by atoms with Crippen LogP contribution < -0.4 is 10.9 Å². The van der Waals surface area contributed by atoms with E-state index >= 15 is 0 Å². The van der Waals surface area contributed by atoms with Gasteiger partial charge in [-0.05, 0) is 50.6 Å². The van der Waals surface area contributed by atoms with Gasteiger partial charge < -0.3 is 5.32 Å². The van der Waals surface area contributed by atoms with Crippen molar-refractivity contribution in [3.05, 3.63) is 63.9 Å². The quantitative estimate of drug-likeness (QED) is 0.447. The number of rotatable bonds is 6. The van der Waals surface area contributed by atoms with Crippen LogP contribution in [-0.4, -0.2) is 20.7 Å². The van der Waals surface area contributed by atoms with E-state index in [4.69, 9.17) is 11.6 Å². The number of fused-ring (bicyclic) bond motifs is 1. The molecule has 0 unspecified atom stereocenters. The SMILES string of the molecule is CC[C@H](C)n1c(S[C@@H](C)C(=O)Nc2cccc(Cl)c2)nc2ccccc2c1=O. The van der Waals surface area contributed by atoms with E-state index in [-0.39, 0.29) is 17.5 Å². The summed E-state index contributed by atoms with van der Waals surface area (Å²) in [5.41, 5.74) is 1.19. The first-order chi connectivity index (χ1) is 13.4. The van der Waals surface area contributed by atoms with Gasteiger partial charge in [0.2, 0.25) is 5.91 Å². The molecule has 7 heteroatoms. The summed E-state index contributed by atoms with van der Waals surface area (Å²) in [6.07, 6.45) is 0.788. The molecule has 0 aliphatic carbocycles. The Morgan fingerprint density at radius 2 is 1.96 bits per heavy atom. The highest BCUT2D eigenvalue weighted by atomic mass is 35.5.